The fourth-order valence-electron chi connectivity index (χ4n) is 2.10. The average Bonchev–Trinajstić information content (AvgIpc) is 2.46. The lowest BCUT2D eigenvalue weighted by Gasteiger charge is -2.18. The molecule has 0 aliphatic heterocycles. The molecule has 0 aliphatic rings. The van der Waals surface area contributed by atoms with E-state index in [2.05, 4.69) is 0 Å². The van der Waals surface area contributed by atoms with E-state index in [9.17, 15) is 9.50 Å². The lowest BCUT2D eigenvalue weighted by atomic mass is 10.0. The van der Waals surface area contributed by atoms with Gasteiger partial charge in [-0.2, -0.15) is 0 Å². The van der Waals surface area contributed by atoms with E-state index in [1.807, 2.05) is 26.0 Å². The molecule has 21 heavy (non-hydrogen) atoms. The standard InChI is InChI=1S/C17H19FO3/c1-11(2)21-15-7-5-4-6-13(15)17(19)12-8-9-16(20-3)14(18)10-12/h4-11,17,19H,1-3H3. The summed E-state index contributed by atoms with van der Waals surface area (Å²) in [4.78, 5) is 0. The van der Waals surface area contributed by atoms with Crippen LogP contribution in [0, 0.1) is 5.82 Å². The summed E-state index contributed by atoms with van der Waals surface area (Å²) in [5.41, 5.74) is 1.06. The van der Waals surface area contributed by atoms with Crippen LogP contribution in [0.4, 0.5) is 4.39 Å². The number of methoxy groups -OCH3 is 1. The molecule has 0 bridgehead atoms. The quantitative estimate of drug-likeness (QED) is 0.912. The van der Waals surface area contributed by atoms with Gasteiger partial charge in [-0.25, -0.2) is 4.39 Å². The summed E-state index contributed by atoms with van der Waals surface area (Å²) in [6.07, 6.45) is -0.966. The van der Waals surface area contributed by atoms with E-state index in [0.29, 0.717) is 16.9 Å². The minimum absolute atomic E-state index is 0.00838. The van der Waals surface area contributed by atoms with E-state index >= 15 is 0 Å². The predicted molar refractivity (Wildman–Crippen MR) is 79.2 cm³/mol. The Hall–Kier alpha value is -2.07. The van der Waals surface area contributed by atoms with Gasteiger partial charge in [0.2, 0.25) is 0 Å². The summed E-state index contributed by atoms with van der Waals surface area (Å²) < 4.78 is 24.3. The Morgan fingerprint density at radius 1 is 1.05 bits per heavy atom. The van der Waals surface area contributed by atoms with Gasteiger partial charge in [-0.15, -0.1) is 0 Å². The Labute approximate surface area is 124 Å². The van der Waals surface area contributed by atoms with Gasteiger partial charge in [-0.05, 0) is 37.6 Å². The highest BCUT2D eigenvalue weighted by atomic mass is 19.1. The monoisotopic (exact) mass is 290 g/mol. The molecule has 1 atom stereocenters. The van der Waals surface area contributed by atoms with Crippen molar-refractivity contribution in [2.75, 3.05) is 7.11 Å². The molecule has 2 aromatic rings. The maximum atomic E-state index is 13.8. The van der Waals surface area contributed by atoms with Crippen LogP contribution in [0.15, 0.2) is 42.5 Å². The van der Waals surface area contributed by atoms with Crippen LogP contribution in [0.2, 0.25) is 0 Å². The summed E-state index contributed by atoms with van der Waals surface area (Å²) in [6, 6.07) is 11.6. The number of halogens is 1. The van der Waals surface area contributed by atoms with Gasteiger partial charge in [0.25, 0.3) is 0 Å². The molecule has 2 rings (SSSR count). The first-order valence-electron chi connectivity index (χ1n) is 6.80. The number of hydrogen-bond donors (Lipinski definition) is 1. The first-order chi connectivity index (χ1) is 10.0. The van der Waals surface area contributed by atoms with Crippen LogP contribution >= 0.6 is 0 Å². The molecule has 0 amide bonds. The number of benzene rings is 2. The summed E-state index contributed by atoms with van der Waals surface area (Å²) in [6.45, 7) is 3.83. The zero-order valence-electron chi connectivity index (χ0n) is 12.3. The molecule has 0 aromatic heterocycles. The summed E-state index contributed by atoms with van der Waals surface area (Å²) in [5.74, 6) is 0.241. The SMILES string of the molecule is COc1ccc(C(O)c2ccccc2OC(C)C)cc1F. The topological polar surface area (TPSA) is 38.7 Å². The van der Waals surface area contributed by atoms with Gasteiger partial charge >= 0.3 is 0 Å². The number of para-hydroxylation sites is 1. The summed E-state index contributed by atoms with van der Waals surface area (Å²) in [7, 11) is 1.40. The Bertz CT molecular complexity index is 611. The summed E-state index contributed by atoms with van der Waals surface area (Å²) >= 11 is 0. The molecule has 3 nitrogen and oxygen atoms in total. The maximum Gasteiger partial charge on any atom is 0.165 e. The number of aliphatic hydroxyl groups excluding tert-OH is 1. The highest BCUT2D eigenvalue weighted by molar-refractivity contribution is 5.42. The fourth-order valence-corrected chi connectivity index (χ4v) is 2.10. The van der Waals surface area contributed by atoms with Gasteiger partial charge < -0.3 is 14.6 Å². The number of aliphatic hydroxyl groups is 1. The number of ether oxygens (including phenoxy) is 2. The molecule has 0 spiro atoms. The Morgan fingerprint density at radius 3 is 2.38 bits per heavy atom. The average molecular weight is 290 g/mol. The van der Waals surface area contributed by atoms with Gasteiger partial charge in [0.1, 0.15) is 11.9 Å². The molecule has 0 heterocycles. The van der Waals surface area contributed by atoms with Crippen molar-refractivity contribution in [2.45, 2.75) is 26.1 Å². The van der Waals surface area contributed by atoms with Crippen LogP contribution in [-0.2, 0) is 0 Å². The zero-order valence-corrected chi connectivity index (χ0v) is 12.3. The molecule has 112 valence electrons. The largest absolute Gasteiger partial charge is 0.494 e. The summed E-state index contributed by atoms with van der Waals surface area (Å²) in [5, 5.41) is 10.5. The second kappa shape index (κ2) is 6.59. The Morgan fingerprint density at radius 2 is 1.76 bits per heavy atom. The molecule has 1 N–H and O–H groups in total. The molecule has 2 aromatic carbocycles. The molecular formula is C17H19FO3. The van der Waals surface area contributed by atoms with Crippen LogP contribution in [0.25, 0.3) is 0 Å². The van der Waals surface area contributed by atoms with Gasteiger partial charge in [0.05, 0.1) is 13.2 Å². The van der Waals surface area contributed by atoms with E-state index < -0.39 is 11.9 Å². The van der Waals surface area contributed by atoms with Crippen molar-refractivity contribution >= 4 is 0 Å². The number of rotatable bonds is 5. The van der Waals surface area contributed by atoms with E-state index in [4.69, 9.17) is 9.47 Å². The van der Waals surface area contributed by atoms with E-state index in [1.165, 1.54) is 19.2 Å². The minimum atomic E-state index is -0.958. The lowest BCUT2D eigenvalue weighted by Crippen LogP contribution is -2.10. The van der Waals surface area contributed by atoms with Crippen molar-refractivity contribution < 1.29 is 19.0 Å². The predicted octanol–water partition coefficient (Wildman–Crippen LogP) is 3.70. The smallest absolute Gasteiger partial charge is 0.165 e. The third-order valence-electron chi connectivity index (χ3n) is 3.07. The van der Waals surface area contributed by atoms with Crippen molar-refractivity contribution in [1.82, 2.24) is 0 Å². The van der Waals surface area contributed by atoms with Crippen LogP contribution in [0.5, 0.6) is 11.5 Å². The first-order valence-corrected chi connectivity index (χ1v) is 6.80. The Balaban J connectivity index is 2.35. The lowest BCUT2D eigenvalue weighted by molar-refractivity contribution is 0.197. The zero-order chi connectivity index (χ0) is 15.4. The second-order valence-corrected chi connectivity index (χ2v) is 5.00. The van der Waals surface area contributed by atoms with Crippen LogP contribution in [0.1, 0.15) is 31.1 Å². The Kier molecular flexibility index (Phi) is 4.81. The van der Waals surface area contributed by atoms with Crippen molar-refractivity contribution in [1.29, 1.82) is 0 Å². The van der Waals surface area contributed by atoms with Gasteiger partial charge in [-0.1, -0.05) is 24.3 Å². The maximum absolute atomic E-state index is 13.8. The second-order valence-electron chi connectivity index (χ2n) is 5.00. The third kappa shape index (κ3) is 3.52. The molecule has 0 fully saturated rings. The normalized spacial score (nSPS) is 12.3. The van der Waals surface area contributed by atoms with Crippen LogP contribution in [-0.4, -0.2) is 18.3 Å². The number of hydrogen-bond acceptors (Lipinski definition) is 3. The molecule has 1 unspecified atom stereocenters. The van der Waals surface area contributed by atoms with Crippen molar-refractivity contribution in [3.8, 4) is 11.5 Å². The van der Waals surface area contributed by atoms with Gasteiger partial charge in [-0.3, -0.25) is 0 Å². The first kappa shape index (κ1) is 15.3. The molecule has 0 saturated heterocycles. The van der Waals surface area contributed by atoms with Crippen molar-refractivity contribution in [2.24, 2.45) is 0 Å². The van der Waals surface area contributed by atoms with Crippen molar-refractivity contribution in [3.63, 3.8) is 0 Å². The van der Waals surface area contributed by atoms with Crippen molar-refractivity contribution in [3.05, 3.63) is 59.4 Å². The highest BCUT2D eigenvalue weighted by Crippen LogP contribution is 2.32. The molecule has 0 aliphatic carbocycles. The van der Waals surface area contributed by atoms with E-state index in [1.54, 1.807) is 18.2 Å². The van der Waals surface area contributed by atoms with Gasteiger partial charge in [0.15, 0.2) is 11.6 Å². The third-order valence-corrected chi connectivity index (χ3v) is 3.07. The van der Waals surface area contributed by atoms with E-state index in [-0.39, 0.29) is 11.9 Å². The highest BCUT2D eigenvalue weighted by Gasteiger charge is 2.17. The minimum Gasteiger partial charge on any atom is -0.494 e. The fraction of sp³-hybridized carbons (Fsp3) is 0.294. The van der Waals surface area contributed by atoms with Crippen LogP contribution < -0.4 is 9.47 Å². The van der Waals surface area contributed by atoms with Gasteiger partial charge in [0, 0.05) is 5.56 Å². The molecular weight excluding hydrogens is 271 g/mol. The molecule has 0 saturated carbocycles. The molecule has 4 heteroatoms. The van der Waals surface area contributed by atoms with E-state index in [0.717, 1.165) is 0 Å². The van der Waals surface area contributed by atoms with Crippen LogP contribution in [0.3, 0.4) is 0 Å². The molecule has 0 radical (unpaired) electrons.